The molecule has 0 radical (unpaired) electrons. The molecule has 46 heavy (non-hydrogen) atoms. The van der Waals surface area contributed by atoms with Gasteiger partial charge in [0.1, 0.15) is 0 Å². The zero-order valence-electron chi connectivity index (χ0n) is 26.2. The Balaban J connectivity index is 1.24. The number of hydrogen-bond donors (Lipinski definition) is 0. The molecule has 230 valence electrons. The van der Waals surface area contributed by atoms with E-state index in [-0.39, 0.29) is 6.04 Å². The molecule has 8 rings (SSSR count). The quantitative estimate of drug-likeness (QED) is 0.174. The number of pyridine rings is 1. The fourth-order valence-electron chi connectivity index (χ4n) is 7.25. The molecule has 7 aromatic rings. The molecule has 5 nitrogen and oxygen atoms in total. The van der Waals surface area contributed by atoms with Gasteiger partial charge in [-0.15, -0.1) is 0 Å². The van der Waals surface area contributed by atoms with Crippen molar-refractivity contribution in [2.45, 2.75) is 33.7 Å². The summed E-state index contributed by atoms with van der Waals surface area (Å²) in [5, 5.41) is 2.38. The van der Waals surface area contributed by atoms with Crippen LogP contribution in [-0.2, 0) is 19.4 Å². The molecule has 4 aromatic carbocycles. The number of benzene rings is 4. The third-order valence-corrected chi connectivity index (χ3v) is 10.2. The van der Waals surface area contributed by atoms with Crippen LogP contribution in [0.2, 0.25) is 0 Å². The van der Waals surface area contributed by atoms with Gasteiger partial charge in [0, 0.05) is 6.20 Å². The van der Waals surface area contributed by atoms with Gasteiger partial charge >= 0.3 is 250 Å². The Morgan fingerprint density at radius 3 is 2.26 bits per heavy atom. The number of para-hydroxylation sites is 3. The number of aryl methyl sites for hydroxylation is 1. The molecular formula is C40H34N4OPt. The zero-order valence-corrected chi connectivity index (χ0v) is 28.5. The van der Waals surface area contributed by atoms with Crippen LogP contribution in [0.1, 0.15) is 32.4 Å². The maximum absolute atomic E-state index is 6.71. The number of rotatable bonds is 5. The molecule has 0 amide bonds. The molecule has 0 N–H and O–H groups in total. The van der Waals surface area contributed by atoms with Crippen molar-refractivity contribution in [3.8, 4) is 23.0 Å². The molecule has 0 fully saturated rings. The third kappa shape index (κ3) is 4.64. The second kappa shape index (κ2) is 11.3. The van der Waals surface area contributed by atoms with Crippen molar-refractivity contribution in [2.75, 3.05) is 0 Å². The summed E-state index contributed by atoms with van der Waals surface area (Å²) >= 11 is 2.50. The van der Waals surface area contributed by atoms with Gasteiger partial charge in [0.15, 0.2) is 0 Å². The van der Waals surface area contributed by atoms with Crippen LogP contribution in [-0.4, -0.2) is 18.7 Å². The van der Waals surface area contributed by atoms with Crippen LogP contribution < -0.4 is 4.74 Å². The molecule has 0 aliphatic heterocycles. The Bertz CT molecular complexity index is 2430. The van der Waals surface area contributed by atoms with Crippen molar-refractivity contribution >= 4 is 32.8 Å². The number of ether oxygens (including phenoxy) is 1. The van der Waals surface area contributed by atoms with E-state index in [1.54, 1.807) is 0 Å². The number of fused-ring (bicyclic) bond motifs is 4. The van der Waals surface area contributed by atoms with Gasteiger partial charge < -0.3 is 0 Å². The minimum absolute atomic E-state index is 0.252. The minimum atomic E-state index is 0.252. The molecule has 1 aliphatic rings. The van der Waals surface area contributed by atoms with Gasteiger partial charge in [-0.05, 0) is 6.07 Å². The van der Waals surface area contributed by atoms with E-state index in [9.17, 15) is 0 Å². The Morgan fingerprint density at radius 1 is 0.717 bits per heavy atom. The topological polar surface area (TPSA) is 36.9 Å². The maximum atomic E-state index is 6.71. The molecule has 6 heteroatoms. The molecule has 1 aliphatic carbocycles. The van der Waals surface area contributed by atoms with Crippen LogP contribution in [0.25, 0.3) is 44.3 Å². The van der Waals surface area contributed by atoms with Gasteiger partial charge in [0.2, 0.25) is 0 Å². The molecule has 3 aromatic heterocycles. The summed E-state index contributed by atoms with van der Waals surface area (Å²) in [5.74, 6) is 2.89. The molecule has 0 saturated heterocycles. The summed E-state index contributed by atoms with van der Waals surface area (Å²) in [6, 6.07) is 36.3. The molecule has 3 heterocycles. The summed E-state index contributed by atoms with van der Waals surface area (Å²) in [6.07, 6.45) is 6.54. The molecule has 0 spiro atoms. The number of allylic oxidation sites excluding steroid dienone is 4. The Kier molecular flexibility index (Phi) is 7.03. The molecule has 0 saturated carbocycles. The van der Waals surface area contributed by atoms with Gasteiger partial charge in [0.25, 0.3) is 0 Å². The van der Waals surface area contributed by atoms with E-state index >= 15 is 0 Å². The van der Waals surface area contributed by atoms with E-state index in [2.05, 4.69) is 152 Å². The number of imidazole rings is 1. The van der Waals surface area contributed by atoms with Crippen LogP contribution in [0.15, 0.2) is 133 Å². The number of nitrogens with zero attached hydrogens (tertiary/aromatic N) is 4. The van der Waals surface area contributed by atoms with Crippen molar-refractivity contribution in [3.63, 3.8) is 0 Å². The first-order chi connectivity index (χ1) is 22.4. The fourth-order valence-corrected chi connectivity index (χ4v) is 8.41. The predicted octanol–water partition coefficient (Wildman–Crippen LogP) is 10.2. The van der Waals surface area contributed by atoms with E-state index in [1.807, 2.05) is 30.5 Å². The first-order valence-electron chi connectivity index (χ1n) is 15.7. The van der Waals surface area contributed by atoms with E-state index in [0.717, 1.165) is 43.4 Å². The third-order valence-electron chi connectivity index (χ3n) is 9.11. The normalized spacial score (nSPS) is 16.7. The van der Waals surface area contributed by atoms with E-state index in [0.29, 0.717) is 5.92 Å². The first-order valence-corrected chi connectivity index (χ1v) is 16.8. The summed E-state index contributed by atoms with van der Waals surface area (Å²) in [4.78, 5) is 4.69. The van der Waals surface area contributed by atoms with Crippen molar-refractivity contribution in [2.24, 2.45) is 5.92 Å². The predicted molar refractivity (Wildman–Crippen MR) is 184 cm³/mol. The van der Waals surface area contributed by atoms with Gasteiger partial charge in [-0.2, -0.15) is 0 Å². The second-order valence-electron chi connectivity index (χ2n) is 12.3. The standard InChI is InChI=1S/C40H34N4O.Pt/c1-26-20-28(3)40(29(4)21-26)43-25-42(35-16-7-8-17-36(35)43)30-12-11-13-31(23-30)45-38-24-37-33(22-27(38)2)32-14-5-6-15-34(32)44(37)39-18-9-10-19-41-39;/h5-24,28,40H,1-4H3;. The van der Waals surface area contributed by atoms with Crippen LogP contribution in [0.5, 0.6) is 11.5 Å². The van der Waals surface area contributed by atoms with Crippen molar-refractivity contribution in [3.05, 3.63) is 142 Å². The van der Waals surface area contributed by atoms with Gasteiger partial charge in [-0.25, -0.2) is 0 Å². The van der Waals surface area contributed by atoms with Crippen LogP contribution in [0.3, 0.4) is 0 Å². The van der Waals surface area contributed by atoms with Crippen molar-refractivity contribution < 1.29 is 24.1 Å². The SMILES string of the molecule is CC1=CC(C)C(n2[c](=[Pt])n(-c3cccc(Oc4cc5c(cc4C)c4ccccc4n5-c4ccccn4)c3)c3ccccc32)C(C)=C1. The van der Waals surface area contributed by atoms with Gasteiger partial charge in [-0.1, -0.05) is 18.2 Å². The molecular weight excluding hydrogens is 748 g/mol. The summed E-state index contributed by atoms with van der Waals surface area (Å²) in [6.45, 7) is 8.89. The van der Waals surface area contributed by atoms with Gasteiger partial charge in [0.05, 0.1) is 0 Å². The first kappa shape index (κ1) is 28.7. The Hall–Kier alpha value is -4.73. The fraction of sp³-hybridized carbons (Fsp3) is 0.150. The average Bonchev–Trinajstić information content (AvgIpc) is 3.52. The van der Waals surface area contributed by atoms with Gasteiger partial charge in [-0.3, -0.25) is 0 Å². The van der Waals surface area contributed by atoms with E-state index < -0.39 is 0 Å². The summed E-state index contributed by atoms with van der Waals surface area (Å²) < 4.78 is 14.9. The monoisotopic (exact) mass is 781 g/mol. The summed E-state index contributed by atoms with van der Waals surface area (Å²) in [7, 11) is 0. The number of aromatic nitrogens is 4. The zero-order chi connectivity index (χ0) is 31.5. The van der Waals surface area contributed by atoms with Crippen molar-refractivity contribution in [1.82, 2.24) is 18.7 Å². The molecule has 2 unspecified atom stereocenters. The van der Waals surface area contributed by atoms with E-state index in [1.165, 1.54) is 33.0 Å². The summed E-state index contributed by atoms with van der Waals surface area (Å²) in [5.41, 5.74) is 9.45. The van der Waals surface area contributed by atoms with Crippen LogP contribution in [0.4, 0.5) is 0 Å². The van der Waals surface area contributed by atoms with Crippen molar-refractivity contribution in [1.29, 1.82) is 0 Å². The molecule has 0 bridgehead atoms. The molecule has 2 atom stereocenters. The Labute approximate surface area is 279 Å². The van der Waals surface area contributed by atoms with Crippen LogP contribution >= 0.6 is 0 Å². The Morgan fingerprint density at radius 2 is 1.48 bits per heavy atom. The number of hydrogen-bond acceptors (Lipinski definition) is 2. The van der Waals surface area contributed by atoms with Crippen LogP contribution in [0, 0.1) is 16.6 Å². The second-order valence-corrected chi connectivity index (χ2v) is 13.3. The average molecular weight is 782 g/mol. The van der Waals surface area contributed by atoms with E-state index in [4.69, 9.17) is 9.72 Å².